The molecule has 3 N–H and O–H groups in total. The van der Waals surface area contributed by atoms with Crippen LogP contribution in [0.4, 0.5) is 0 Å². The molecule has 0 amide bonds. The van der Waals surface area contributed by atoms with Gasteiger partial charge >= 0.3 is 0 Å². The Labute approximate surface area is 173 Å². The lowest BCUT2D eigenvalue weighted by atomic mass is 10.2. The molecule has 1 aromatic heterocycles. The monoisotopic (exact) mass is 480 g/mol. The molecule has 5 nitrogen and oxygen atoms in total. The van der Waals surface area contributed by atoms with Gasteiger partial charge in [0.25, 0.3) is 0 Å². The number of rotatable bonds is 9. The van der Waals surface area contributed by atoms with Gasteiger partial charge in [-0.1, -0.05) is 26.2 Å². The van der Waals surface area contributed by atoms with Gasteiger partial charge < -0.3 is 15.8 Å². The van der Waals surface area contributed by atoms with Gasteiger partial charge in [-0.15, -0.1) is 35.3 Å². The fourth-order valence-corrected chi connectivity index (χ4v) is 3.92. The average Bonchev–Trinajstić information content (AvgIpc) is 3.02. The van der Waals surface area contributed by atoms with Crippen LogP contribution in [-0.2, 0) is 4.74 Å². The molecular formula is C18H33IN4OS. The predicted octanol–water partition coefficient (Wildman–Crippen LogP) is 3.53. The second-order valence-corrected chi connectivity index (χ2v) is 7.65. The molecule has 0 aliphatic carbocycles. The second-order valence-electron chi connectivity index (χ2n) is 6.33. The summed E-state index contributed by atoms with van der Waals surface area (Å²) in [6, 6.07) is 4.71. The van der Waals surface area contributed by atoms with Gasteiger partial charge in [-0.3, -0.25) is 9.89 Å². The molecule has 7 heteroatoms. The lowest BCUT2D eigenvalue weighted by molar-refractivity contribution is 0.0187. The van der Waals surface area contributed by atoms with Gasteiger partial charge in [0.05, 0.1) is 25.8 Å². The third kappa shape index (κ3) is 8.23. The zero-order valence-electron chi connectivity index (χ0n) is 15.5. The highest BCUT2D eigenvalue weighted by atomic mass is 127. The first-order chi connectivity index (χ1) is 11.7. The van der Waals surface area contributed by atoms with E-state index in [1.54, 1.807) is 0 Å². The molecule has 1 aliphatic rings. The number of nitrogens with two attached hydrogens (primary N) is 1. The van der Waals surface area contributed by atoms with Crippen LogP contribution >= 0.6 is 35.3 Å². The van der Waals surface area contributed by atoms with E-state index in [0.717, 1.165) is 39.3 Å². The summed E-state index contributed by atoms with van der Waals surface area (Å²) in [5.41, 5.74) is 6.05. The Morgan fingerprint density at radius 1 is 1.32 bits per heavy atom. The molecule has 0 bridgehead atoms. The van der Waals surface area contributed by atoms with Gasteiger partial charge in [0, 0.05) is 29.4 Å². The first-order valence-electron chi connectivity index (χ1n) is 9.12. The van der Waals surface area contributed by atoms with Crippen LogP contribution in [0.2, 0.25) is 0 Å². The molecule has 0 aromatic carbocycles. The van der Waals surface area contributed by atoms with E-state index >= 15 is 0 Å². The van der Waals surface area contributed by atoms with Crippen molar-refractivity contribution < 1.29 is 4.74 Å². The maximum Gasteiger partial charge on any atom is 0.188 e. The van der Waals surface area contributed by atoms with Crippen LogP contribution in [0.25, 0.3) is 0 Å². The topological polar surface area (TPSA) is 62.9 Å². The smallest absolute Gasteiger partial charge is 0.188 e. The Morgan fingerprint density at radius 3 is 2.72 bits per heavy atom. The van der Waals surface area contributed by atoms with E-state index in [1.807, 2.05) is 11.3 Å². The third-order valence-electron chi connectivity index (χ3n) is 4.35. The van der Waals surface area contributed by atoms with Gasteiger partial charge in [-0.05, 0) is 25.5 Å². The predicted molar refractivity (Wildman–Crippen MR) is 118 cm³/mol. The number of morpholine rings is 1. The molecule has 1 unspecified atom stereocenters. The van der Waals surface area contributed by atoms with Gasteiger partial charge in [0.2, 0.25) is 0 Å². The lowest BCUT2D eigenvalue weighted by Gasteiger charge is -2.33. The van der Waals surface area contributed by atoms with E-state index in [4.69, 9.17) is 10.5 Å². The average molecular weight is 480 g/mol. The maximum atomic E-state index is 6.05. The molecule has 0 saturated carbocycles. The first-order valence-corrected chi connectivity index (χ1v) is 9.94. The fraction of sp³-hybridized carbons (Fsp3) is 0.722. The molecule has 1 aliphatic heterocycles. The number of halogens is 1. The van der Waals surface area contributed by atoms with E-state index in [-0.39, 0.29) is 24.0 Å². The number of nitrogens with zero attached hydrogens (tertiary/aromatic N) is 2. The SMILES string of the molecule is CCCCCCNC(N)=NCC(c1ccc(C)s1)N1CCOCC1.I. The standard InChI is InChI=1S/C18H32N4OS.HI/c1-3-4-5-6-9-20-18(19)21-14-16(17-8-7-15(2)24-17)22-10-12-23-13-11-22;/h7-8,16H,3-6,9-14H2,1-2H3,(H3,19,20,21);1H. The van der Waals surface area contributed by atoms with Crippen molar-refractivity contribution in [3.8, 4) is 0 Å². The van der Waals surface area contributed by atoms with E-state index < -0.39 is 0 Å². The summed E-state index contributed by atoms with van der Waals surface area (Å²) in [5, 5.41) is 3.24. The number of aryl methyl sites for hydroxylation is 1. The van der Waals surface area contributed by atoms with E-state index in [1.165, 1.54) is 29.0 Å². The summed E-state index contributed by atoms with van der Waals surface area (Å²) in [7, 11) is 0. The number of thiophene rings is 1. The number of aliphatic imine (C=N–C) groups is 1. The maximum absolute atomic E-state index is 6.05. The number of guanidine groups is 1. The van der Waals surface area contributed by atoms with Crippen molar-refractivity contribution in [3.05, 3.63) is 21.9 Å². The minimum atomic E-state index is 0. The molecule has 1 aromatic rings. The molecule has 2 rings (SSSR count). The molecule has 25 heavy (non-hydrogen) atoms. The van der Waals surface area contributed by atoms with Crippen LogP contribution < -0.4 is 11.1 Å². The van der Waals surface area contributed by atoms with Gasteiger partial charge in [0.15, 0.2) is 5.96 Å². The van der Waals surface area contributed by atoms with Crippen molar-refractivity contribution >= 4 is 41.3 Å². The lowest BCUT2D eigenvalue weighted by Crippen LogP contribution is -2.40. The number of unbranched alkanes of at least 4 members (excludes halogenated alkanes) is 3. The van der Waals surface area contributed by atoms with E-state index in [0.29, 0.717) is 18.5 Å². The van der Waals surface area contributed by atoms with Crippen molar-refractivity contribution in [2.24, 2.45) is 10.7 Å². The third-order valence-corrected chi connectivity index (χ3v) is 5.45. The van der Waals surface area contributed by atoms with Crippen molar-refractivity contribution in [1.82, 2.24) is 10.2 Å². The van der Waals surface area contributed by atoms with Crippen LogP contribution in [0.1, 0.15) is 48.4 Å². The largest absolute Gasteiger partial charge is 0.379 e. The highest BCUT2D eigenvalue weighted by Crippen LogP contribution is 2.28. The molecule has 2 heterocycles. The number of nitrogens with one attached hydrogen (secondary N) is 1. The molecule has 1 saturated heterocycles. The van der Waals surface area contributed by atoms with Crippen LogP contribution in [0.15, 0.2) is 17.1 Å². The van der Waals surface area contributed by atoms with Crippen LogP contribution in [-0.4, -0.2) is 50.3 Å². The van der Waals surface area contributed by atoms with Crippen LogP contribution in [0.5, 0.6) is 0 Å². The van der Waals surface area contributed by atoms with Gasteiger partial charge in [-0.2, -0.15) is 0 Å². The summed E-state index contributed by atoms with van der Waals surface area (Å²) >= 11 is 1.86. The molecule has 0 spiro atoms. The number of hydrogen-bond donors (Lipinski definition) is 2. The van der Waals surface area contributed by atoms with Crippen molar-refractivity contribution in [2.45, 2.75) is 45.6 Å². The van der Waals surface area contributed by atoms with Crippen molar-refractivity contribution in [2.75, 3.05) is 39.4 Å². The summed E-state index contributed by atoms with van der Waals surface area (Å²) in [4.78, 5) is 9.79. The molecule has 1 fully saturated rings. The van der Waals surface area contributed by atoms with E-state index in [9.17, 15) is 0 Å². The highest BCUT2D eigenvalue weighted by molar-refractivity contribution is 14.0. The Balaban J connectivity index is 0.00000312. The fourth-order valence-electron chi connectivity index (χ4n) is 2.92. The quantitative estimate of drug-likeness (QED) is 0.246. The Bertz CT molecular complexity index is 503. The zero-order chi connectivity index (χ0) is 17.2. The van der Waals surface area contributed by atoms with Crippen LogP contribution in [0.3, 0.4) is 0 Å². The van der Waals surface area contributed by atoms with E-state index in [2.05, 4.69) is 41.2 Å². The minimum Gasteiger partial charge on any atom is -0.379 e. The van der Waals surface area contributed by atoms with Crippen molar-refractivity contribution in [1.29, 1.82) is 0 Å². The molecule has 1 atom stereocenters. The van der Waals surface area contributed by atoms with Gasteiger partial charge in [-0.25, -0.2) is 0 Å². The summed E-state index contributed by atoms with van der Waals surface area (Å²) < 4.78 is 5.49. The number of hydrogen-bond acceptors (Lipinski definition) is 4. The highest BCUT2D eigenvalue weighted by Gasteiger charge is 2.23. The Morgan fingerprint density at radius 2 is 2.08 bits per heavy atom. The van der Waals surface area contributed by atoms with Crippen LogP contribution in [0, 0.1) is 6.92 Å². The molecule has 0 radical (unpaired) electrons. The normalized spacial score (nSPS) is 17.1. The van der Waals surface area contributed by atoms with Gasteiger partial charge in [0.1, 0.15) is 0 Å². The summed E-state index contributed by atoms with van der Waals surface area (Å²) in [6.45, 7) is 9.51. The van der Waals surface area contributed by atoms with Crippen molar-refractivity contribution in [3.63, 3.8) is 0 Å². The summed E-state index contributed by atoms with van der Waals surface area (Å²) in [5.74, 6) is 0.568. The Hall–Kier alpha value is -0.380. The molecule has 144 valence electrons. The second kappa shape index (κ2) is 12.9. The number of ether oxygens (including phenoxy) is 1. The summed E-state index contributed by atoms with van der Waals surface area (Å²) in [6.07, 6.45) is 4.95. The first kappa shape index (κ1) is 22.7. The molecular weight excluding hydrogens is 447 g/mol. The Kier molecular flexibility index (Phi) is 11.7. The zero-order valence-corrected chi connectivity index (χ0v) is 18.6. The minimum absolute atomic E-state index is 0.